The Morgan fingerprint density at radius 3 is 1.29 bits per heavy atom. The average molecular weight is 197 g/mol. The largest absolute Gasteiger partial charge is 1.00 e. The van der Waals surface area contributed by atoms with Gasteiger partial charge in [-0.15, -0.1) is 0 Å². The zero-order chi connectivity index (χ0) is 4.50. The van der Waals surface area contributed by atoms with Crippen molar-refractivity contribution in [3.05, 3.63) is 0 Å². The molecule has 0 atom stereocenters. The van der Waals surface area contributed by atoms with Gasteiger partial charge in [-0.3, -0.25) is 9.11 Å². The van der Waals surface area contributed by atoms with Crippen LogP contribution in [0.1, 0.15) is 1.43 Å². The summed E-state index contributed by atoms with van der Waals surface area (Å²) >= 11 is 0. The summed E-state index contributed by atoms with van der Waals surface area (Å²) in [6.07, 6.45) is 0. The first-order chi connectivity index (χ1) is 2.00. The fourth-order valence-corrected chi connectivity index (χ4v) is 0. The fourth-order valence-electron chi connectivity index (χ4n) is 0. The quantitative estimate of drug-likeness (QED) is 0.311. The maximum atomic E-state index is 8.74. The summed E-state index contributed by atoms with van der Waals surface area (Å²) in [7, 11) is -4.67. The van der Waals surface area contributed by atoms with Gasteiger partial charge in [0.05, 0.1) is 0 Å². The van der Waals surface area contributed by atoms with E-state index in [4.69, 9.17) is 17.5 Å². The number of rotatable bonds is 0. The Morgan fingerprint density at radius 1 is 1.29 bits per heavy atom. The topological polar surface area (TPSA) is 74.6 Å². The van der Waals surface area contributed by atoms with E-state index in [1.165, 1.54) is 0 Å². The van der Waals surface area contributed by atoms with Gasteiger partial charge in [-0.05, 0) is 0 Å². The van der Waals surface area contributed by atoms with Crippen LogP contribution in [0.2, 0.25) is 0 Å². The molecule has 0 fully saturated rings. The molecule has 1 radical (unpaired) electrons. The summed E-state index contributed by atoms with van der Waals surface area (Å²) in [5.41, 5.74) is 0. The second-order valence-electron chi connectivity index (χ2n) is 0.448. The van der Waals surface area contributed by atoms with Gasteiger partial charge in [0.1, 0.15) is 0 Å². The zero-order valence-electron chi connectivity index (χ0n) is 4.45. The van der Waals surface area contributed by atoms with Crippen LogP contribution in [0.5, 0.6) is 0 Å². The van der Waals surface area contributed by atoms with Crippen molar-refractivity contribution in [3.8, 4) is 0 Å². The molecule has 43 valence electrons. The molecular weight excluding hydrogens is 194 g/mol. The molecular formula is H3CoKO4S. The van der Waals surface area contributed by atoms with E-state index in [9.17, 15) is 0 Å². The minimum Gasteiger partial charge on any atom is -1.00 e. The fraction of sp³-hybridized carbons (Fsp3) is 0. The molecule has 0 heterocycles. The molecule has 0 aromatic carbocycles. The Hall–Kier alpha value is 2.01. The predicted molar refractivity (Wildman–Crippen MR) is 15.3 cm³/mol. The Labute approximate surface area is 95.7 Å². The Balaban J connectivity index is -0.0000000267. The van der Waals surface area contributed by atoms with E-state index in [1.54, 1.807) is 0 Å². The van der Waals surface area contributed by atoms with Crippen molar-refractivity contribution in [2.45, 2.75) is 0 Å². The SMILES string of the molecule is O=S(=O)(O)O.[Co].[H-].[K+]. The average Bonchev–Trinajstić information content (AvgIpc) is 0.722. The third-order valence-electron chi connectivity index (χ3n) is 0. The molecule has 0 aliphatic rings. The summed E-state index contributed by atoms with van der Waals surface area (Å²) in [6, 6.07) is 0. The summed E-state index contributed by atoms with van der Waals surface area (Å²) in [5.74, 6) is 0. The number of hydrogen-bond acceptors (Lipinski definition) is 2. The van der Waals surface area contributed by atoms with Crippen molar-refractivity contribution in [2.75, 3.05) is 0 Å². The second-order valence-corrected chi connectivity index (χ2v) is 1.34. The van der Waals surface area contributed by atoms with Crippen LogP contribution in [0.25, 0.3) is 0 Å². The van der Waals surface area contributed by atoms with Crippen molar-refractivity contribution < 1.29 is 87.1 Å². The molecule has 0 spiro atoms. The minimum absolute atomic E-state index is 0. The van der Waals surface area contributed by atoms with E-state index in [0.29, 0.717) is 0 Å². The van der Waals surface area contributed by atoms with Gasteiger partial charge in [0.15, 0.2) is 0 Å². The van der Waals surface area contributed by atoms with Crippen LogP contribution in [0.4, 0.5) is 0 Å². The van der Waals surface area contributed by atoms with Crippen molar-refractivity contribution >= 4 is 10.4 Å². The second kappa shape index (κ2) is 6.14. The summed E-state index contributed by atoms with van der Waals surface area (Å²) < 4.78 is 31.6. The molecule has 7 heteroatoms. The molecule has 0 aromatic rings. The van der Waals surface area contributed by atoms with Crippen molar-refractivity contribution in [1.29, 1.82) is 0 Å². The molecule has 0 saturated heterocycles. The van der Waals surface area contributed by atoms with E-state index in [0.717, 1.165) is 0 Å². The first-order valence-electron chi connectivity index (χ1n) is 0.698. The first kappa shape index (κ1) is 16.0. The molecule has 0 aromatic heterocycles. The van der Waals surface area contributed by atoms with Gasteiger partial charge in [-0.2, -0.15) is 8.42 Å². The maximum Gasteiger partial charge on any atom is 1.00 e. The van der Waals surface area contributed by atoms with Gasteiger partial charge in [-0.1, -0.05) is 0 Å². The molecule has 0 aliphatic heterocycles. The molecule has 4 nitrogen and oxygen atoms in total. The van der Waals surface area contributed by atoms with E-state index in [2.05, 4.69) is 0 Å². The van der Waals surface area contributed by atoms with Gasteiger partial charge >= 0.3 is 61.8 Å². The minimum atomic E-state index is -4.67. The van der Waals surface area contributed by atoms with Gasteiger partial charge in [0, 0.05) is 16.8 Å². The molecule has 0 unspecified atom stereocenters. The van der Waals surface area contributed by atoms with Crippen molar-refractivity contribution in [3.63, 3.8) is 0 Å². The van der Waals surface area contributed by atoms with Crippen LogP contribution >= 0.6 is 0 Å². The normalized spacial score (nSPS) is 8.29. The zero-order valence-corrected chi connectivity index (χ0v) is 8.43. The Kier molecular flexibility index (Phi) is 14.0. The predicted octanol–water partition coefficient (Wildman–Crippen LogP) is -3.54. The van der Waals surface area contributed by atoms with Gasteiger partial charge in [-0.25, -0.2) is 0 Å². The smallest absolute Gasteiger partial charge is 1.00 e. The third kappa shape index (κ3) is 71.5. The van der Waals surface area contributed by atoms with E-state index in [-0.39, 0.29) is 69.6 Å². The molecule has 0 rings (SSSR count). The third-order valence-corrected chi connectivity index (χ3v) is 0. The van der Waals surface area contributed by atoms with Crippen LogP contribution in [-0.4, -0.2) is 17.5 Å². The molecule has 7 heavy (non-hydrogen) atoms. The maximum absolute atomic E-state index is 8.74. The summed E-state index contributed by atoms with van der Waals surface area (Å²) in [5, 5.41) is 0. The van der Waals surface area contributed by atoms with Crippen LogP contribution in [0.3, 0.4) is 0 Å². The van der Waals surface area contributed by atoms with Crippen LogP contribution in [0, 0.1) is 0 Å². The van der Waals surface area contributed by atoms with Crippen LogP contribution < -0.4 is 51.4 Å². The molecule has 2 N–H and O–H groups in total. The monoisotopic (exact) mass is 197 g/mol. The van der Waals surface area contributed by atoms with Crippen molar-refractivity contribution in [1.82, 2.24) is 0 Å². The molecule has 0 amide bonds. The standard InChI is InChI=1S/Co.K.H2O4S.H/c;;1-5(2,3)4;/h;;(H2,1,2,3,4);/q;+1;;-1. The summed E-state index contributed by atoms with van der Waals surface area (Å²) in [6.45, 7) is 0. The Bertz CT molecular complexity index is 99.2. The van der Waals surface area contributed by atoms with Crippen LogP contribution in [0.15, 0.2) is 0 Å². The molecule has 0 aliphatic carbocycles. The first-order valence-corrected chi connectivity index (χ1v) is 2.10. The van der Waals surface area contributed by atoms with Crippen LogP contribution in [-0.2, 0) is 27.2 Å². The van der Waals surface area contributed by atoms with E-state index < -0.39 is 10.4 Å². The summed E-state index contributed by atoms with van der Waals surface area (Å²) in [4.78, 5) is 0. The van der Waals surface area contributed by atoms with E-state index in [1.807, 2.05) is 0 Å². The van der Waals surface area contributed by atoms with Crippen molar-refractivity contribution in [2.24, 2.45) is 0 Å². The van der Waals surface area contributed by atoms with Gasteiger partial charge in [0.2, 0.25) is 0 Å². The van der Waals surface area contributed by atoms with E-state index >= 15 is 0 Å². The molecule has 0 bridgehead atoms. The molecule has 0 saturated carbocycles. The Morgan fingerprint density at radius 2 is 1.29 bits per heavy atom. The number of hydrogen-bond donors (Lipinski definition) is 2. The van der Waals surface area contributed by atoms with Gasteiger partial charge in [0.25, 0.3) is 0 Å². The van der Waals surface area contributed by atoms with Gasteiger partial charge < -0.3 is 1.43 Å².